The van der Waals surface area contributed by atoms with Crippen LogP contribution in [0.1, 0.15) is 37.1 Å². The Hall–Kier alpha value is -3.28. The minimum absolute atomic E-state index is 0.0747. The quantitative estimate of drug-likeness (QED) is 0.541. The highest BCUT2D eigenvalue weighted by atomic mass is 16.5. The maximum absolute atomic E-state index is 13.2. The van der Waals surface area contributed by atoms with Crippen molar-refractivity contribution in [3.8, 4) is 17.2 Å². The first kappa shape index (κ1) is 21.4. The molecular weight excluding hydrogens is 378 g/mol. The van der Waals surface area contributed by atoms with E-state index in [9.17, 15) is 4.79 Å². The summed E-state index contributed by atoms with van der Waals surface area (Å²) in [6.07, 6.45) is 2.54. The van der Waals surface area contributed by atoms with Crippen molar-refractivity contribution in [2.75, 3.05) is 20.8 Å². The van der Waals surface area contributed by atoms with Crippen molar-refractivity contribution in [3.63, 3.8) is 0 Å². The molecule has 1 heterocycles. The van der Waals surface area contributed by atoms with Crippen LogP contribution in [-0.2, 0) is 12.8 Å². The predicted molar refractivity (Wildman–Crippen MR) is 121 cm³/mol. The van der Waals surface area contributed by atoms with Crippen LogP contribution in [0, 0.1) is 0 Å². The average Bonchev–Trinajstić information content (AvgIpc) is 3.10. The van der Waals surface area contributed by atoms with Gasteiger partial charge < -0.3 is 9.47 Å². The summed E-state index contributed by atoms with van der Waals surface area (Å²) in [5.41, 5.74) is 4.24. The van der Waals surface area contributed by atoms with Crippen molar-refractivity contribution in [3.05, 3.63) is 75.7 Å². The van der Waals surface area contributed by atoms with Gasteiger partial charge in [-0.25, -0.2) is 4.68 Å². The van der Waals surface area contributed by atoms with Gasteiger partial charge in [-0.15, -0.1) is 0 Å². The van der Waals surface area contributed by atoms with Crippen LogP contribution < -0.4 is 15.0 Å². The summed E-state index contributed by atoms with van der Waals surface area (Å²) in [5, 5.41) is 3.28. The molecule has 6 nitrogen and oxygen atoms in total. The third-order valence-electron chi connectivity index (χ3n) is 5.07. The lowest BCUT2D eigenvalue weighted by atomic mass is 10.1. The molecule has 0 fully saturated rings. The molecule has 3 aromatic rings. The molecule has 1 aromatic heterocycles. The van der Waals surface area contributed by atoms with Crippen LogP contribution in [-0.4, -0.2) is 36.3 Å². The molecule has 158 valence electrons. The molecule has 0 radical (unpaired) electrons. The second-order valence-corrected chi connectivity index (χ2v) is 7.12. The van der Waals surface area contributed by atoms with Gasteiger partial charge in [0.15, 0.2) is 0 Å². The van der Waals surface area contributed by atoms with Crippen LogP contribution in [0.5, 0.6) is 11.5 Å². The molecule has 0 aliphatic carbocycles. The van der Waals surface area contributed by atoms with E-state index < -0.39 is 0 Å². The van der Waals surface area contributed by atoms with E-state index >= 15 is 0 Å². The molecule has 0 atom stereocenters. The van der Waals surface area contributed by atoms with E-state index in [1.807, 2.05) is 55.5 Å². The molecule has 0 spiro atoms. The first-order valence-electron chi connectivity index (χ1n) is 10.2. The number of benzene rings is 2. The van der Waals surface area contributed by atoms with Gasteiger partial charge in [-0.2, -0.15) is 0 Å². The van der Waals surface area contributed by atoms with Gasteiger partial charge in [0.2, 0.25) is 0 Å². The zero-order chi connectivity index (χ0) is 21.5. The van der Waals surface area contributed by atoms with Gasteiger partial charge in [0, 0.05) is 18.0 Å². The summed E-state index contributed by atoms with van der Waals surface area (Å²) >= 11 is 0. The third-order valence-corrected chi connectivity index (χ3v) is 5.07. The number of hydrogen-bond donors (Lipinski definition) is 1. The summed E-state index contributed by atoms with van der Waals surface area (Å²) in [6, 6.07) is 15.4. The topological polar surface area (TPSA) is 68.6 Å². The van der Waals surface area contributed by atoms with Gasteiger partial charge in [-0.3, -0.25) is 14.9 Å². The minimum Gasteiger partial charge on any atom is -0.497 e. The molecule has 1 N–H and O–H groups in total. The summed E-state index contributed by atoms with van der Waals surface area (Å²) < 4.78 is 12.0. The number of aromatic nitrogens is 2. The first-order chi connectivity index (χ1) is 14.6. The fraction of sp³-hybridized carbons (Fsp3) is 0.333. The van der Waals surface area contributed by atoms with Crippen molar-refractivity contribution in [1.29, 1.82) is 0 Å². The smallest absolute Gasteiger partial charge is 0.280 e. The number of methoxy groups -OCH3 is 2. The SMILES string of the molecule is CCCc1[nH]n(-c2ccc(OC)cc2)c(=O)c1C(C)=NCCc1ccc(OC)cc1. The fourth-order valence-electron chi connectivity index (χ4n) is 3.42. The van der Waals surface area contributed by atoms with Crippen molar-refractivity contribution in [1.82, 2.24) is 9.78 Å². The van der Waals surface area contributed by atoms with Gasteiger partial charge in [0.1, 0.15) is 11.5 Å². The molecule has 2 aromatic carbocycles. The van der Waals surface area contributed by atoms with Crippen molar-refractivity contribution >= 4 is 5.71 Å². The lowest BCUT2D eigenvalue weighted by Crippen LogP contribution is -2.20. The van der Waals surface area contributed by atoms with Crippen molar-refractivity contribution in [2.45, 2.75) is 33.1 Å². The number of aliphatic imine (C=N–C) groups is 1. The Bertz CT molecular complexity index is 1040. The number of rotatable bonds is 9. The highest BCUT2D eigenvalue weighted by Crippen LogP contribution is 2.16. The Labute approximate surface area is 177 Å². The lowest BCUT2D eigenvalue weighted by Gasteiger charge is -2.03. The summed E-state index contributed by atoms with van der Waals surface area (Å²) in [4.78, 5) is 17.9. The Balaban J connectivity index is 1.84. The molecule has 6 heteroatoms. The Kier molecular flexibility index (Phi) is 7.12. The van der Waals surface area contributed by atoms with E-state index in [-0.39, 0.29) is 5.56 Å². The summed E-state index contributed by atoms with van der Waals surface area (Å²) in [5.74, 6) is 1.60. The largest absolute Gasteiger partial charge is 0.497 e. The molecule has 0 amide bonds. The highest BCUT2D eigenvalue weighted by molar-refractivity contribution is 5.99. The molecule has 0 aliphatic heterocycles. The Morgan fingerprint density at radius 3 is 2.13 bits per heavy atom. The third kappa shape index (κ3) is 4.82. The summed E-state index contributed by atoms with van der Waals surface area (Å²) in [7, 11) is 3.28. The zero-order valence-corrected chi connectivity index (χ0v) is 18.1. The summed E-state index contributed by atoms with van der Waals surface area (Å²) in [6.45, 7) is 4.63. The number of ether oxygens (including phenoxy) is 2. The van der Waals surface area contributed by atoms with E-state index in [0.29, 0.717) is 12.1 Å². The second kappa shape index (κ2) is 9.96. The monoisotopic (exact) mass is 407 g/mol. The molecule has 3 rings (SSSR count). The van der Waals surface area contributed by atoms with Crippen LogP contribution in [0.15, 0.2) is 58.3 Å². The van der Waals surface area contributed by atoms with Crippen LogP contribution in [0.25, 0.3) is 5.69 Å². The van der Waals surface area contributed by atoms with E-state index in [2.05, 4.69) is 12.0 Å². The van der Waals surface area contributed by atoms with Crippen LogP contribution in [0.3, 0.4) is 0 Å². The van der Waals surface area contributed by atoms with Crippen molar-refractivity contribution in [2.24, 2.45) is 4.99 Å². The highest BCUT2D eigenvalue weighted by Gasteiger charge is 2.17. The van der Waals surface area contributed by atoms with E-state index in [1.54, 1.807) is 18.9 Å². The number of H-pyrrole nitrogens is 1. The minimum atomic E-state index is -0.0747. The molecule has 0 saturated carbocycles. The molecule has 0 unspecified atom stereocenters. The van der Waals surface area contributed by atoms with Gasteiger partial charge in [-0.05, 0) is 61.7 Å². The number of nitrogens with zero attached hydrogens (tertiary/aromatic N) is 2. The Morgan fingerprint density at radius 1 is 0.967 bits per heavy atom. The predicted octanol–water partition coefficient (Wildman–Crippen LogP) is 4.19. The van der Waals surface area contributed by atoms with Crippen LogP contribution >= 0.6 is 0 Å². The first-order valence-corrected chi connectivity index (χ1v) is 10.2. The van der Waals surface area contributed by atoms with Crippen molar-refractivity contribution < 1.29 is 9.47 Å². The van der Waals surface area contributed by atoms with Crippen LogP contribution in [0.2, 0.25) is 0 Å². The maximum Gasteiger partial charge on any atom is 0.280 e. The lowest BCUT2D eigenvalue weighted by molar-refractivity contribution is 0.414. The normalized spacial score (nSPS) is 11.5. The van der Waals surface area contributed by atoms with E-state index in [4.69, 9.17) is 14.5 Å². The van der Waals surface area contributed by atoms with Gasteiger partial charge >= 0.3 is 0 Å². The molecule has 30 heavy (non-hydrogen) atoms. The van der Waals surface area contributed by atoms with Gasteiger partial charge in [0.25, 0.3) is 5.56 Å². The van der Waals surface area contributed by atoms with Gasteiger partial charge in [0.05, 0.1) is 25.5 Å². The number of aromatic amines is 1. The zero-order valence-electron chi connectivity index (χ0n) is 18.1. The van der Waals surface area contributed by atoms with Gasteiger partial charge in [-0.1, -0.05) is 25.5 Å². The van der Waals surface area contributed by atoms with E-state index in [0.717, 1.165) is 47.9 Å². The molecule has 0 saturated heterocycles. The number of aryl methyl sites for hydroxylation is 1. The standard InChI is InChI=1S/C24H29N3O3/c1-5-6-22-23(17(2)25-16-15-18-7-11-20(29-3)12-8-18)24(28)27(26-22)19-9-13-21(30-4)14-10-19/h7-14,26H,5-6,15-16H2,1-4H3. The molecular formula is C24H29N3O3. The Morgan fingerprint density at radius 2 is 1.57 bits per heavy atom. The second-order valence-electron chi connectivity index (χ2n) is 7.12. The maximum atomic E-state index is 13.2. The van der Waals surface area contributed by atoms with Crippen LogP contribution in [0.4, 0.5) is 0 Å². The average molecular weight is 408 g/mol. The number of nitrogens with one attached hydrogen (secondary N) is 1. The fourth-order valence-corrected chi connectivity index (χ4v) is 3.42. The van der Waals surface area contributed by atoms with E-state index in [1.165, 1.54) is 5.56 Å². The molecule has 0 aliphatic rings. The molecule has 0 bridgehead atoms. The number of hydrogen-bond acceptors (Lipinski definition) is 4.